The van der Waals surface area contributed by atoms with Crippen LogP contribution >= 0.6 is 0 Å². The molecule has 106 valence electrons. The molecule has 1 aromatic rings. The highest BCUT2D eigenvalue weighted by Gasteiger charge is 2.30. The van der Waals surface area contributed by atoms with E-state index < -0.39 is 5.60 Å². The summed E-state index contributed by atoms with van der Waals surface area (Å²) < 4.78 is 5.40. The lowest BCUT2D eigenvalue weighted by Crippen LogP contribution is -2.39. The Kier molecular flexibility index (Phi) is 4.23. The van der Waals surface area contributed by atoms with E-state index in [1.165, 1.54) is 6.33 Å². The Morgan fingerprint density at radius 1 is 1.40 bits per heavy atom. The molecule has 0 spiro atoms. The number of rotatable bonds is 0. The highest BCUT2D eigenvalue weighted by atomic mass is 16.6. The summed E-state index contributed by atoms with van der Waals surface area (Å²) in [5.41, 5.74) is 0.272. The minimum atomic E-state index is -0.481. The zero-order chi connectivity index (χ0) is 14.6. The van der Waals surface area contributed by atoms with Gasteiger partial charge in [0.25, 0.3) is 0 Å². The molecule has 0 N–H and O–H groups in total. The first-order valence-corrected chi connectivity index (χ1v) is 6.72. The molecule has 2 heterocycles. The minimum absolute atomic E-state index is 0.0925. The summed E-state index contributed by atoms with van der Waals surface area (Å²) in [5, 5.41) is 0. The van der Waals surface area contributed by atoms with Crippen LogP contribution in [0, 0.1) is 11.8 Å². The van der Waals surface area contributed by atoms with Crippen molar-refractivity contribution in [3.63, 3.8) is 0 Å². The Labute approximate surface area is 119 Å². The second-order valence-electron chi connectivity index (χ2n) is 5.73. The van der Waals surface area contributed by atoms with Crippen molar-refractivity contribution in [2.24, 2.45) is 0 Å². The lowest BCUT2D eigenvalue weighted by Gasteiger charge is -2.26. The molecular weight excluding hydrogens is 254 g/mol. The quantitative estimate of drug-likeness (QED) is 0.680. The van der Waals surface area contributed by atoms with Gasteiger partial charge >= 0.3 is 6.09 Å². The molecule has 2 rings (SSSR count). The molecule has 1 saturated heterocycles. The van der Waals surface area contributed by atoms with E-state index in [9.17, 15) is 4.79 Å². The van der Waals surface area contributed by atoms with Gasteiger partial charge in [-0.2, -0.15) is 0 Å². The number of carbonyl (C=O) groups excluding carboxylic acids is 1. The fourth-order valence-electron chi connectivity index (χ4n) is 1.99. The second kappa shape index (κ2) is 5.91. The van der Waals surface area contributed by atoms with Gasteiger partial charge in [-0.3, -0.25) is 4.90 Å². The largest absolute Gasteiger partial charge is 0.444 e. The number of likely N-dealkylation sites (tertiary alicyclic amines) is 1. The van der Waals surface area contributed by atoms with E-state index in [-0.39, 0.29) is 12.1 Å². The summed E-state index contributed by atoms with van der Waals surface area (Å²) >= 11 is 0. The highest BCUT2D eigenvalue weighted by molar-refractivity contribution is 5.69. The molecule has 1 aliphatic rings. The summed E-state index contributed by atoms with van der Waals surface area (Å²) in [6.07, 6.45) is 6.32. The van der Waals surface area contributed by atoms with Gasteiger partial charge in [-0.05, 0) is 33.6 Å². The Hall–Kier alpha value is -2.09. The first kappa shape index (κ1) is 14.3. The first-order valence-electron chi connectivity index (χ1n) is 6.72. The molecule has 0 aromatic carbocycles. The van der Waals surface area contributed by atoms with E-state index in [1.54, 1.807) is 17.3 Å². The monoisotopic (exact) mass is 273 g/mol. The van der Waals surface area contributed by atoms with E-state index in [0.29, 0.717) is 6.54 Å². The normalized spacial score (nSPS) is 18.4. The van der Waals surface area contributed by atoms with Crippen molar-refractivity contribution >= 4 is 6.09 Å². The number of carbonyl (C=O) groups is 1. The fraction of sp³-hybridized carbons (Fsp3) is 0.533. The number of hydrogen-bond acceptors (Lipinski definition) is 4. The zero-order valence-corrected chi connectivity index (χ0v) is 12.1. The molecule has 0 aliphatic carbocycles. The molecule has 20 heavy (non-hydrogen) atoms. The van der Waals surface area contributed by atoms with Gasteiger partial charge in [-0.25, -0.2) is 14.8 Å². The second-order valence-corrected chi connectivity index (χ2v) is 5.73. The van der Waals surface area contributed by atoms with Gasteiger partial charge in [0.05, 0.1) is 11.6 Å². The van der Waals surface area contributed by atoms with Crippen molar-refractivity contribution in [2.45, 2.75) is 45.3 Å². The van der Waals surface area contributed by atoms with Gasteiger partial charge in [0, 0.05) is 18.9 Å². The predicted molar refractivity (Wildman–Crippen MR) is 74.9 cm³/mol. The molecule has 1 unspecified atom stereocenters. The van der Waals surface area contributed by atoms with E-state index in [1.807, 2.05) is 20.8 Å². The third-order valence-corrected chi connectivity index (χ3v) is 2.82. The highest BCUT2D eigenvalue weighted by Crippen LogP contribution is 2.20. The molecule has 0 saturated carbocycles. The number of aromatic nitrogens is 2. The maximum Gasteiger partial charge on any atom is 0.411 e. The van der Waals surface area contributed by atoms with Crippen LogP contribution in [-0.4, -0.2) is 39.1 Å². The van der Waals surface area contributed by atoms with Gasteiger partial charge in [-0.1, -0.05) is 11.8 Å². The van der Waals surface area contributed by atoms with E-state index >= 15 is 0 Å². The van der Waals surface area contributed by atoms with Crippen LogP contribution in [0.4, 0.5) is 4.79 Å². The van der Waals surface area contributed by atoms with Crippen molar-refractivity contribution in [3.05, 3.63) is 24.3 Å². The molecule has 5 nitrogen and oxygen atoms in total. The third-order valence-electron chi connectivity index (χ3n) is 2.82. The number of hydrogen-bond donors (Lipinski definition) is 0. The molecule has 1 amide bonds. The van der Waals surface area contributed by atoms with Crippen LogP contribution in [0.2, 0.25) is 0 Å². The van der Waals surface area contributed by atoms with Gasteiger partial charge in [0.15, 0.2) is 0 Å². The van der Waals surface area contributed by atoms with Gasteiger partial charge < -0.3 is 4.74 Å². The third kappa shape index (κ3) is 3.95. The topological polar surface area (TPSA) is 55.3 Å². The number of ether oxygens (including phenoxy) is 1. The molecule has 1 atom stereocenters. The Bertz CT molecular complexity index is 526. The fourth-order valence-corrected chi connectivity index (χ4v) is 1.99. The molecule has 0 bridgehead atoms. The van der Waals surface area contributed by atoms with Gasteiger partial charge in [0.1, 0.15) is 11.9 Å². The van der Waals surface area contributed by atoms with Crippen LogP contribution in [0.3, 0.4) is 0 Å². The van der Waals surface area contributed by atoms with Crippen molar-refractivity contribution in [3.8, 4) is 11.8 Å². The SMILES string of the molecule is CC(C)(C)OC(=O)N1CCCC1C#Cc1cncnc1. The Morgan fingerprint density at radius 3 is 2.75 bits per heavy atom. The summed E-state index contributed by atoms with van der Waals surface area (Å²) in [6, 6.07) is -0.0925. The van der Waals surface area contributed by atoms with Crippen molar-refractivity contribution < 1.29 is 9.53 Å². The van der Waals surface area contributed by atoms with Gasteiger partial charge in [-0.15, -0.1) is 0 Å². The van der Waals surface area contributed by atoms with Crippen LogP contribution in [0.1, 0.15) is 39.2 Å². The summed E-state index contributed by atoms with van der Waals surface area (Å²) in [4.78, 5) is 21.6. The molecule has 0 radical (unpaired) electrons. The van der Waals surface area contributed by atoms with Crippen LogP contribution in [0.15, 0.2) is 18.7 Å². The van der Waals surface area contributed by atoms with Crippen LogP contribution in [0.25, 0.3) is 0 Å². The Morgan fingerprint density at radius 2 is 2.10 bits per heavy atom. The lowest BCUT2D eigenvalue weighted by atomic mass is 10.2. The van der Waals surface area contributed by atoms with Crippen LogP contribution < -0.4 is 0 Å². The first-order chi connectivity index (χ1) is 9.46. The van der Waals surface area contributed by atoms with Gasteiger partial charge in [0.2, 0.25) is 0 Å². The summed E-state index contributed by atoms with van der Waals surface area (Å²) in [7, 11) is 0. The number of nitrogens with zero attached hydrogens (tertiary/aromatic N) is 3. The zero-order valence-electron chi connectivity index (χ0n) is 12.1. The maximum absolute atomic E-state index is 12.1. The smallest absolute Gasteiger partial charge is 0.411 e. The maximum atomic E-state index is 12.1. The molecule has 1 fully saturated rings. The average molecular weight is 273 g/mol. The standard InChI is InChI=1S/C15H19N3O2/c1-15(2,3)20-14(19)18-8-4-5-13(18)7-6-12-9-16-11-17-10-12/h9-11,13H,4-5,8H2,1-3H3. The predicted octanol–water partition coefficient (Wildman–Crippen LogP) is 2.23. The van der Waals surface area contributed by atoms with Crippen LogP contribution in [-0.2, 0) is 4.74 Å². The van der Waals surface area contributed by atoms with Crippen molar-refractivity contribution in [2.75, 3.05) is 6.54 Å². The van der Waals surface area contributed by atoms with E-state index in [0.717, 1.165) is 18.4 Å². The summed E-state index contributed by atoms with van der Waals surface area (Å²) in [6.45, 7) is 6.29. The molecular formula is C15H19N3O2. The van der Waals surface area contributed by atoms with Crippen molar-refractivity contribution in [1.82, 2.24) is 14.9 Å². The van der Waals surface area contributed by atoms with E-state index in [2.05, 4.69) is 21.8 Å². The molecule has 1 aliphatic heterocycles. The Balaban J connectivity index is 2.05. The molecule has 5 heteroatoms. The summed E-state index contributed by atoms with van der Waals surface area (Å²) in [5.74, 6) is 6.12. The van der Waals surface area contributed by atoms with Crippen LogP contribution in [0.5, 0.6) is 0 Å². The lowest BCUT2D eigenvalue weighted by molar-refractivity contribution is 0.0261. The minimum Gasteiger partial charge on any atom is -0.444 e. The number of amides is 1. The molecule has 1 aromatic heterocycles. The average Bonchev–Trinajstić information content (AvgIpc) is 2.84. The van der Waals surface area contributed by atoms with Crippen molar-refractivity contribution in [1.29, 1.82) is 0 Å². The van der Waals surface area contributed by atoms with E-state index in [4.69, 9.17) is 4.74 Å².